The van der Waals surface area contributed by atoms with Crippen molar-refractivity contribution in [3.8, 4) is 79.3 Å². The zero-order valence-electron chi connectivity index (χ0n) is 79.2. The molecule has 35 heteroatoms. The third kappa shape index (κ3) is 20.8. The molecule has 1 aliphatic carbocycles. The van der Waals surface area contributed by atoms with Crippen LogP contribution in [0.15, 0.2) is 250 Å². The van der Waals surface area contributed by atoms with Crippen molar-refractivity contribution < 1.29 is 44.1 Å². The summed E-state index contributed by atoms with van der Waals surface area (Å²) in [5.74, 6) is 4.96. The fourth-order valence-electron chi connectivity index (χ4n) is 18.5. The number of hydrogen-bond acceptors (Lipinski definition) is 29. The van der Waals surface area contributed by atoms with Crippen molar-refractivity contribution >= 4 is 107 Å². The van der Waals surface area contributed by atoms with Crippen LogP contribution in [0.3, 0.4) is 0 Å². The number of H-pyrrole nitrogens is 2. The molecule has 1 saturated carbocycles. The zero-order chi connectivity index (χ0) is 96.6. The number of aromatic hydroxyl groups is 4. The molecule has 6 fully saturated rings. The van der Waals surface area contributed by atoms with Crippen LogP contribution in [0.4, 0.5) is 29.7 Å². The van der Waals surface area contributed by atoms with E-state index in [1.807, 2.05) is 74.0 Å². The summed E-state index contributed by atoms with van der Waals surface area (Å²) >= 11 is 0. The van der Waals surface area contributed by atoms with E-state index in [1.165, 1.54) is 51.4 Å². The van der Waals surface area contributed by atoms with Crippen molar-refractivity contribution in [2.45, 2.75) is 52.9 Å². The molecular weight excluding hydrogens is 1810 g/mol. The minimum absolute atomic E-state index is 0.197. The van der Waals surface area contributed by atoms with Gasteiger partial charge in [-0.15, -0.1) is 0 Å². The van der Waals surface area contributed by atoms with E-state index in [0.717, 1.165) is 201 Å². The molecule has 5 aliphatic heterocycles. The van der Waals surface area contributed by atoms with Crippen LogP contribution in [0.5, 0.6) is 23.0 Å². The van der Waals surface area contributed by atoms with Gasteiger partial charge in [-0.1, -0.05) is 151 Å². The second-order valence-corrected chi connectivity index (χ2v) is 36.2. The molecular formula is C108H106N26O9. The summed E-state index contributed by atoms with van der Waals surface area (Å²) in [5, 5.41) is 43.3. The van der Waals surface area contributed by atoms with Gasteiger partial charge in [-0.05, 0) is 133 Å². The van der Waals surface area contributed by atoms with E-state index in [2.05, 4.69) is 212 Å². The van der Waals surface area contributed by atoms with Gasteiger partial charge in [-0.2, -0.15) is 24.9 Å². The van der Waals surface area contributed by atoms with E-state index in [9.17, 15) is 20.4 Å². The number of fused-ring (bicyclic) bond motifs is 7. The molecule has 11 aromatic heterocycles. The first-order valence-corrected chi connectivity index (χ1v) is 48.4. The predicted octanol–water partition coefficient (Wildman–Crippen LogP) is 15.8. The van der Waals surface area contributed by atoms with Gasteiger partial charge in [-0.25, -0.2) is 49.8 Å². The normalized spacial score (nSPS) is 15.1. The first-order chi connectivity index (χ1) is 70.2. The van der Waals surface area contributed by atoms with E-state index >= 15 is 0 Å². The number of phenolic OH excluding ortho intramolecular Hbond substituents is 4. The van der Waals surface area contributed by atoms with Gasteiger partial charge in [0.1, 0.15) is 79.1 Å². The molecule has 0 unspecified atom stereocenters. The lowest BCUT2D eigenvalue weighted by Crippen LogP contribution is -2.37. The third-order valence-corrected chi connectivity index (χ3v) is 26.0. The van der Waals surface area contributed by atoms with Crippen LogP contribution in [0.2, 0.25) is 0 Å². The van der Waals surface area contributed by atoms with Gasteiger partial charge in [0.05, 0.1) is 117 Å². The number of imidazole rings is 5. The Labute approximate surface area is 821 Å². The number of nitrogens with zero attached hydrogens (tertiary/aromatic N) is 24. The maximum Gasteiger partial charge on any atom is 0.228 e. The van der Waals surface area contributed by atoms with Crippen LogP contribution >= 0.6 is 0 Å². The monoisotopic (exact) mass is 1910 g/mol. The Bertz CT molecular complexity index is 7940. The molecule has 0 radical (unpaired) electrons. The Hall–Kier alpha value is -16.5. The van der Waals surface area contributed by atoms with E-state index < -0.39 is 0 Å². The highest BCUT2D eigenvalue weighted by Crippen LogP contribution is 2.39. The quantitative estimate of drug-likeness (QED) is 0.0464. The number of rotatable bonds is 18. The minimum Gasteiger partial charge on any atom is -0.508 e. The fraction of sp³-hybridized carbons (Fsp3) is 0.269. The van der Waals surface area contributed by atoms with Gasteiger partial charge < -0.3 is 96.8 Å². The van der Waals surface area contributed by atoms with Gasteiger partial charge in [0.2, 0.25) is 29.7 Å². The van der Waals surface area contributed by atoms with Crippen LogP contribution in [0.25, 0.3) is 134 Å². The van der Waals surface area contributed by atoms with Crippen molar-refractivity contribution in [2.75, 3.05) is 156 Å². The number of benzene rings is 9. The number of hydrogen-bond donors (Lipinski definition) is 6. The smallest absolute Gasteiger partial charge is 0.228 e. The molecule has 6 aliphatic rings. The number of aryl methyl sites for hydroxylation is 2. The first kappa shape index (κ1) is 91.6. The largest absolute Gasteiger partial charge is 0.508 e. The zero-order valence-corrected chi connectivity index (χ0v) is 79.2. The highest BCUT2D eigenvalue weighted by molar-refractivity contribution is 5.95. The van der Waals surface area contributed by atoms with Gasteiger partial charge in [0.25, 0.3) is 0 Å². The number of morpholine rings is 5. The van der Waals surface area contributed by atoms with E-state index in [1.54, 1.807) is 60.9 Å². The van der Waals surface area contributed by atoms with Gasteiger partial charge in [0.15, 0.2) is 28.2 Å². The summed E-state index contributed by atoms with van der Waals surface area (Å²) in [4.78, 5) is 88.3. The van der Waals surface area contributed by atoms with Crippen molar-refractivity contribution in [3.05, 3.63) is 278 Å². The molecule has 0 spiro atoms. The van der Waals surface area contributed by atoms with Crippen molar-refractivity contribution in [1.82, 2.24) is 103 Å². The highest BCUT2D eigenvalue weighted by Gasteiger charge is 2.30. The lowest BCUT2D eigenvalue weighted by molar-refractivity contribution is 0.122. The van der Waals surface area contributed by atoms with Gasteiger partial charge in [-0.3, -0.25) is 0 Å². The summed E-state index contributed by atoms with van der Waals surface area (Å²) in [6.45, 7) is 21.5. The van der Waals surface area contributed by atoms with Gasteiger partial charge in [0, 0.05) is 117 Å². The summed E-state index contributed by atoms with van der Waals surface area (Å²) in [6.07, 6.45) is 13.5. The summed E-state index contributed by atoms with van der Waals surface area (Å²) < 4.78 is 35.8. The van der Waals surface area contributed by atoms with Gasteiger partial charge >= 0.3 is 0 Å². The average Bonchev–Trinajstić information content (AvgIpc) is 1.66. The number of aromatic nitrogens is 21. The van der Waals surface area contributed by atoms with Crippen molar-refractivity contribution in [2.24, 2.45) is 5.92 Å². The molecule has 6 N–H and O–H groups in total. The van der Waals surface area contributed by atoms with E-state index in [4.69, 9.17) is 68.5 Å². The highest BCUT2D eigenvalue weighted by atomic mass is 16.5. The molecule has 0 amide bonds. The van der Waals surface area contributed by atoms with Crippen LogP contribution in [0.1, 0.15) is 40.7 Å². The Morgan fingerprint density at radius 2 is 0.657 bits per heavy atom. The molecule has 26 rings (SSSR count). The molecule has 143 heavy (non-hydrogen) atoms. The molecule has 0 atom stereocenters. The lowest BCUT2D eigenvalue weighted by Gasteiger charge is -2.27. The Morgan fingerprint density at radius 1 is 0.301 bits per heavy atom. The number of phenols is 4. The van der Waals surface area contributed by atoms with Crippen LogP contribution in [-0.4, -0.2) is 255 Å². The minimum atomic E-state index is 0.197. The SMILES string of the molecule is Cc1cccc(Cn2cnc3c(-c4ccc5[nH]ccc5c4)nc(N4CCOCC4)nc32)c1.Cc1cccc(Cn2cnc3c(-c4cccc(O)c4)nc(N4CCOCC4)nc32)c1.Oc1cccc(-c2nc(N3CCOCC3)nc3c2ncn3CC2CC2)c1.Oc1cccc(-c2nc(N3CCOCC3)nc3c2ncn3Cc2ccc3ccccc3c2)c1.Oc1cccc(-c2nc(N3CCOCC3)nc3nc[nH]c23)c1. The average molecular weight is 1910 g/mol. The fourth-order valence-corrected chi connectivity index (χ4v) is 18.5. The number of aromatic amines is 2. The Kier molecular flexibility index (Phi) is 26.6. The molecule has 35 nitrogen and oxygen atoms in total. The number of ether oxygens (including phenoxy) is 5. The molecule has 722 valence electrons. The van der Waals surface area contributed by atoms with Crippen molar-refractivity contribution in [3.63, 3.8) is 0 Å². The molecule has 9 aromatic carbocycles. The van der Waals surface area contributed by atoms with Crippen LogP contribution in [-0.2, 0) is 49.9 Å². The van der Waals surface area contributed by atoms with E-state index in [-0.39, 0.29) is 23.0 Å². The summed E-state index contributed by atoms with van der Waals surface area (Å²) in [6, 6.07) is 68.7. The summed E-state index contributed by atoms with van der Waals surface area (Å²) in [7, 11) is 0. The van der Waals surface area contributed by atoms with Crippen LogP contribution in [0, 0.1) is 19.8 Å². The molecule has 20 aromatic rings. The topological polar surface area (TPSA) is 388 Å². The Morgan fingerprint density at radius 3 is 1.06 bits per heavy atom. The second kappa shape index (κ2) is 41.5. The predicted molar refractivity (Wildman–Crippen MR) is 550 cm³/mol. The maximum atomic E-state index is 10.1. The number of anilines is 5. The van der Waals surface area contributed by atoms with E-state index in [0.29, 0.717) is 115 Å². The second-order valence-electron chi connectivity index (χ2n) is 36.2. The molecule has 5 saturated heterocycles. The molecule has 16 heterocycles. The standard InChI is InChI=1S/C26H23N5O2.C25H24N6O.C23H23N5O2.C19H21N5O2.C15H15N5O2/c32-22-7-3-6-21(15-22)23-24-25(29-26(28-23)30-10-12-33-13-11-30)31(17-27-24)16-18-8-9-19-4-1-2-5-20(19)14-18;1-17-3-2-4-18(13-17)15-31-16-27-23-22(20-5-6-21-19(14-20)7-8-26-21)28-25(29-24(23)31)30-9-11-32-12-10-30;1-16-4-2-5-17(12-16)14-28-15-24-21-20(18-6-3-7-19(29)13-18)25-23(26-22(21)28)27-8-10-30-11-9-27;25-15-3-1-2-14(10-15)16-17-18(24(12-20-17)11-13-4-5-13)22-19(21-16)23-6-8-26-9-7-23;21-11-3-1-2-10(8-11)12-13-14(17-9-16-13)19-15(18-12)20-4-6-22-7-5-20/h1-9,14-15,17,32H,10-13,16H2;2-8,13-14,16,26H,9-12,15H2,1H3;2-7,12-13,15,29H,8-11,14H2,1H3;1-3,10,12-13,25H,4-9,11H2;1-3,8-9,21H,4-7H2,(H,16,17,18,19). The lowest BCUT2D eigenvalue weighted by atomic mass is 10.1. The maximum absolute atomic E-state index is 10.1. The van der Waals surface area contributed by atoms with Crippen molar-refractivity contribution in [1.29, 1.82) is 0 Å². The Balaban J connectivity index is 0.000000103. The van der Waals surface area contributed by atoms with Crippen LogP contribution < -0.4 is 24.5 Å². The first-order valence-electron chi connectivity index (χ1n) is 48.4. The summed E-state index contributed by atoms with van der Waals surface area (Å²) in [5.41, 5.74) is 23.1. The number of nitrogens with one attached hydrogen (secondary N) is 2. The third-order valence-electron chi connectivity index (χ3n) is 26.0. The molecule has 0 bridgehead atoms.